The van der Waals surface area contributed by atoms with Crippen molar-refractivity contribution in [2.24, 2.45) is 0 Å². The van der Waals surface area contributed by atoms with Gasteiger partial charge in [0.1, 0.15) is 5.03 Å². The first-order chi connectivity index (χ1) is 11.8. The molecule has 25 heavy (non-hydrogen) atoms. The van der Waals surface area contributed by atoms with Crippen molar-refractivity contribution in [1.29, 1.82) is 0 Å². The highest BCUT2D eigenvalue weighted by molar-refractivity contribution is 8.00. The number of nitrogens with zero attached hydrogens (tertiary/aromatic N) is 2. The third kappa shape index (κ3) is 6.16. The molecule has 0 unspecified atom stereocenters. The van der Waals surface area contributed by atoms with Crippen LogP contribution >= 0.6 is 23.4 Å². The van der Waals surface area contributed by atoms with Gasteiger partial charge in [-0.25, -0.2) is 13.4 Å². The van der Waals surface area contributed by atoms with Crippen molar-refractivity contribution >= 4 is 45.0 Å². The van der Waals surface area contributed by atoms with E-state index in [2.05, 4.69) is 10.3 Å². The fourth-order valence-corrected chi connectivity index (χ4v) is 5.17. The van der Waals surface area contributed by atoms with Gasteiger partial charge < -0.3 is 10.2 Å². The van der Waals surface area contributed by atoms with Crippen LogP contribution in [0.1, 0.15) is 13.3 Å². The molecule has 10 heteroatoms. The molecular weight excluding hydrogens is 386 g/mol. The summed E-state index contributed by atoms with van der Waals surface area (Å²) in [4.78, 5) is 29.9. The Bertz CT molecular complexity index is 742. The summed E-state index contributed by atoms with van der Waals surface area (Å²) in [7, 11) is -3.05. The molecule has 2 rings (SSSR count). The summed E-state index contributed by atoms with van der Waals surface area (Å²) in [5.74, 6) is -0.375. The standard InChI is InChI=1S/C15H20ClN3O4S2/c1-2-19(8-13(20)18-11-5-7-25(22,23)10-11)14(21)9-24-15-12(16)4-3-6-17-15/h3-4,6,11H,2,5,7-10H2,1H3,(H,18,20)/t11-/m1/s1. The first kappa shape index (κ1) is 20.0. The summed E-state index contributed by atoms with van der Waals surface area (Å²) in [6.45, 7) is 2.07. The number of amides is 2. The Hall–Kier alpha value is -1.32. The van der Waals surface area contributed by atoms with Crippen molar-refractivity contribution in [3.63, 3.8) is 0 Å². The third-order valence-corrected chi connectivity index (χ3v) is 6.90. The summed E-state index contributed by atoms with van der Waals surface area (Å²) >= 11 is 7.22. The number of pyridine rings is 1. The highest BCUT2D eigenvalue weighted by atomic mass is 35.5. The van der Waals surface area contributed by atoms with Gasteiger partial charge in [-0.05, 0) is 25.5 Å². The second-order valence-corrected chi connectivity index (χ2v) is 9.25. The largest absolute Gasteiger partial charge is 0.351 e. The number of carbonyl (C=O) groups excluding carboxylic acids is 2. The average molecular weight is 406 g/mol. The molecule has 2 heterocycles. The van der Waals surface area contributed by atoms with Crippen LogP contribution < -0.4 is 5.32 Å². The Morgan fingerprint density at radius 2 is 2.24 bits per heavy atom. The van der Waals surface area contributed by atoms with E-state index < -0.39 is 9.84 Å². The SMILES string of the molecule is CCN(CC(=O)N[C@@H]1CCS(=O)(=O)C1)C(=O)CSc1ncccc1Cl. The molecule has 1 aromatic heterocycles. The lowest BCUT2D eigenvalue weighted by Crippen LogP contribution is -2.45. The summed E-state index contributed by atoms with van der Waals surface area (Å²) in [6.07, 6.45) is 2.02. The first-order valence-electron chi connectivity index (χ1n) is 7.81. The van der Waals surface area contributed by atoms with Crippen molar-refractivity contribution in [2.75, 3.05) is 30.3 Å². The van der Waals surface area contributed by atoms with Gasteiger partial charge in [0, 0.05) is 18.8 Å². The minimum Gasteiger partial charge on any atom is -0.351 e. The number of thioether (sulfide) groups is 1. The predicted molar refractivity (Wildman–Crippen MR) is 97.4 cm³/mol. The van der Waals surface area contributed by atoms with Gasteiger partial charge in [-0.1, -0.05) is 23.4 Å². The van der Waals surface area contributed by atoms with Crippen molar-refractivity contribution in [2.45, 2.75) is 24.4 Å². The second-order valence-electron chi connectivity index (χ2n) is 5.65. The molecule has 1 aromatic rings. The Balaban J connectivity index is 1.83. The number of halogens is 1. The number of carbonyl (C=O) groups is 2. The van der Waals surface area contributed by atoms with Crippen LogP contribution in [0.3, 0.4) is 0 Å². The first-order valence-corrected chi connectivity index (χ1v) is 11.0. The van der Waals surface area contributed by atoms with E-state index in [0.717, 1.165) is 0 Å². The maximum atomic E-state index is 12.3. The van der Waals surface area contributed by atoms with Crippen LogP contribution in [-0.2, 0) is 19.4 Å². The Kier molecular flexibility index (Phi) is 7.09. The molecule has 0 saturated carbocycles. The highest BCUT2D eigenvalue weighted by Gasteiger charge is 2.29. The van der Waals surface area contributed by atoms with Crippen LogP contribution in [0, 0.1) is 0 Å². The maximum absolute atomic E-state index is 12.3. The number of sulfone groups is 1. The molecule has 0 radical (unpaired) electrons. The Labute approximate surface area is 156 Å². The van der Waals surface area contributed by atoms with E-state index in [-0.39, 0.29) is 41.7 Å². The summed E-state index contributed by atoms with van der Waals surface area (Å²) in [5, 5.41) is 3.72. The van der Waals surface area contributed by atoms with Crippen LogP contribution in [-0.4, -0.2) is 66.5 Å². The molecule has 0 aliphatic carbocycles. The summed E-state index contributed by atoms with van der Waals surface area (Å²) in [5.41, 5.74) is 0. The molecule has 138 valence electrons. The van der Waals surface area contributed by atoms with Crippen LogP contribution in [0.5, 0.6) is 0 Å². The van der Waals surface area contributed by atoms with Crippen LogP contribution in [0.4, 0.5) is 0 Å². The third-order valence-electron chi connectivity index (χ3n) is 3.72. The molecule has 0 bridgehead atoms. The number of aromatic nitrogens is 1. The van der Waals surface area contributed by atoms with Crippen LogP contribution in [0.15, 0.2) is 23.4 Å². The quantitative estimate of drug-likeness (QED) is 0.679. The van der Waals surface area contributed by atoms with Crippen molar-refractivity contribution in [3.8, 4) is 0 Å². The van der Waals surface area contributed by atoms with Crippen LogP contribution in [0.2, 0.25) is 5.02 Å². The molecule has 1 aliphatic heterocycles. The summed E-state index contributed by atoms with van der Waals surface area (Å²) < 4.78 is 22.8. The molecule has 0 aromatic carbocycles. The van der Waals surface area contributed by atoms with Crippen LogP contribution in [0.25, 0.3) is 0 Å². The number of rotatable bonds is 7. The molecule has 1 atom stereocenters. The Morgan fingerprint density at radius 1 is 1.48 bits per heavy atom. The number of likely N-dealkylation sites (N-methyl/N-ethyl adjacent to an activating group) is 1. The van der Waals surface area contributed by atoms with Gasteiger partial charge in [0.15, 0.2) is 9.84 Å². The number of nitrogens with one attached hydrogen (secondary N) is 1. The fourth-order valence-electron chi connectivity index (χ4n) is 2.43. The van der Waals surface area contributed by atoms with Gasteiger partial charge in [0.2, 0.25) is 11.8 Å². The zero-order valence-electron chi connectivity index (χ0n) is 13.8. The fraction of sp³-hybridized carbons (Fsp3) is 0.533. The van der Waals surface area contributed by atoms with E-state index in [9.17, 15) is 18.0 Å². The molecule has 7 nitrogen and oxygen atoms in total. The van der Waals surface area contributed by atoms with Gasteiger partial charge in [-0.15, -0.1) is 0 Å². The smallest absolute Gasteiger partial charge is 0.239 e. The van der Waals surface area contributed by atoms with E-state index in [1.165, 1.54) is 16.7 Å². The molecule has 1 N–H and O–H groups in total. The zero-order chi connectivity index (χ0) is 18.4. The molecule has 1 saturated heterocycles. The van der Waals surface area contributed by atoms with E-state index in [4.69, 9.17) is 11.6 Å². The molecule has 1 aliphatic rings. The molecule has 0 spiro atoms. The zero-order valence-corrected chi connectivity index (χ0v) is 16.2. The maximum Gasteiger partial charge on any atom is 0.239 e. The van der Waals surface area contributed by atoms with E-state index >= 15 is 0 Å². The topological polar surface area (TPSA) is 96.4 Å². The van der Waals surface area contributed by atoms with Crippen molar-refractivity contribution in [3.05, 3.63) is 23.4 Å². The lowest BCUT2D eigenvalue weighted by Gasteiger charge is -2.21. The minimum absolute atomic E-state index is 0.0349. The van der Waals surface area contributed by atoms with Gasteiger partial charge in [-0.3, -0.25) is 9.59 Å². The normalized spacial score (nSPS) is 18.7. The monoisotopic (exact) mass is 405 g/mol. The molecule has 1 fully saturated rings. The van der Waals surface area contributed by atoms with Crippen molar-refractivity contribution in [1.82, 2.24) is 15.2 Å². The predicted octanol–water partition coefficient (Wildman–Crippen LogP) is 0.979. The van der Waals surface area contributed by atoms with E-state index in [0.29, 0.717) is 23.0 Å². The van der Waals surface area contributed by atoms with E-state index in [1.807, 2.05) is 0 Å². The molecule has 2 amide bonds. The van der Waals surface area contributed by atoms with Crippen molar-refractivity contribution < 1.29 is 18.0 Å². The van der Waals surface area contributed by atoms with Gasteiger partial charge >= 0.3 is 0 Å². The van der Waals surface area contributed by atoms with E-state index in [1.54, 1.807) is 25.3 Å². The average Bonchev–Trinajstić information content (AvgIpc) is 2.90. The lowest BCUT2D eigenvalue weighted by molar-refractivity contribution is -0.134. The Morgan fingerprint density at radius 3 is 2.84 bits per heavy atom. The lowest BCUT2D eigenvalue weighted by atomic mass is 10.2. The van der Waals surface area contributed by atoms with Gasteiger partial charge in [-0.2, -0.15) is 0 Å². The number of hydrogen-bond acceptors (Lipinski definition) is 6. The highest BCUT2D eigenvalue weighted by Crippen LogP contribution is 2.24. The molecular formula is C15H20ClN3O4S2. The van der Waals surface area contributed by atoms with Gasteiger partial charge in [0.05, 0.1) is 28.8 Å². The number of hydrogen-bond donors (Lipinski definition) is 1. The second kappa shape index (κ2) is 8.86. The summed E-state index contributed by atoms with van der Waals surface area (Å²) in [6, 6.07) is 3.04. The van der Waals surface area contributed by atoms with Gasteiger partial charge in [0.25, 0.3) is 0 Å². The minimum atomic E-state index is -3.05.